The number of nitrogens with zero attached hydrogens (tertiary/aromatic N) is 2. The number of amides is 1. The number of aromatic nitrogens is 1. The number of carbonyl (C=O) groups is 1. The summed E-state index contributed by atoms with van der Waals surface area (Å²) in [6, 6.07) is 12.1. The summed E-state index contributed by atoms with van der Waals surface area (Å²) in [6.07, 6.45) is -1.95. The number of anilines is 2. The van der Waals surface area contributed by atoms with Crippen molar-refractivity contribution in [2.75, 3.05) is 24.3 Å². The Hall–Kier alpha value is -3.36. The van der Waals surface area contributed by atoms with Gasteiger partial charge in [-0.2, -0.15) is 13.2 Å². The molecule has 4 rings (SSSR count). The van der Waals surface area contributed by atoms with E-state index in [0.717, 1.165) is 6.07 Å². The van der Waals surface area contributed by atoms with Crippen molar-refractivity contribution >= 4 is 28.2 Å². The standard InChI is InChI=1S/C25H26F4N4O/c1-33(2)17-11-12-18(20(26)13-17)24(34)31-16-9-7-15(8-10-16)30-22-14-23(25(27,28)29)32-21-6-4-3-5-19(21)22/h3-6,11-16H,7-10H2,1-2H3,(H,30,32)(H,31,34)/t15-,16+. The van der Waals surface area contributed by atoms with E-state index in [2.05, 4.69) is 15.6 Å². The molecule has 2 N–H and O–H groups in total. The zero-order chi connectivity index (χ0) is 24.5. The molecule has 0 saturated heterocycles. The highest BCUT2D eigenvalue weighted by Crippen LogP contribution is 2.34. The van der Waals surface area contributed by atoms with Crippen LogP contribution in [0.4, 0.5) is 28.9 Å². The molecule has 1 aliphatic carbocycles. The second-order valence-electron chi connectivity index (χ2n) is 8.79. The Labute approximate surface area is 195 Å². The number of alkyl halides is 3. The van der Waals surface area contributed by atoms with Gasteiger partial charge in [0.05, 0.1) is 11.1 Å². The minimum absolute atomic E-state index is 0.00576. The smallest absolute Gasteiger partial charge is 0.382 e. The Morgan fingerprint density at radius 1 is 1.00 bits per heavy atom. The van der Waals surface area contributed by atoms with Crippen molar-refractivity contribution in [3.05, 3.63) is 65.6 Å². The summed E-state index contributed by atoms with van der Waals surface area (Å²) >= 11 is 0. The number of benzene rings is 2. The first-order chi connectivity index (χ1) is 16.1. The lowest BCUT2D eigenvalue weighted by Gasteiger charge is -2.31. The molecule has 1 saturated carbocycles. The zero-order valence-corrected chi connectivity index (χ0v) is 18.9. The van der Waals surface area contributed by atoms with E-state index in [1.165, 1.54) is 12.1 Å². The molecule has 180 valence electrons. The molecular weight excluding hydrogens is 448 g/mol. The van der Waals surface area contributed by atoms with E-state index in [9.17, 15) is 22.4 Å². The number of carbonyl (C=O) groups excluding carboxylic acids is 1. The normalized spacial score (nSPS) is 18.5. The largest absolute Gasteiger partial charge is 0.433 e. The predicted octanol–water partition coefficient (Wildman–Crippen LogP) is 5.61. The number of nitrogens with one attached hydrogen (secondary N) is 2. The van der Waals surface area contributed by atoms with E-state index in [1.54, 1.807) is 49.3 Å². The summed E-state index contributed by atoms with van der Waals surface area (Å²) in [5.41, 5.74) is 0.403. The first-order valence-corrected chi connectivity index (χ1v) is 11.1. The van der Waals surface area contributed by atoms with Crippen LogP contribution in [0.5, 0.6) is 0 Å². The molecule has 0 atom stereocenters. The first kappa shape index (κ1) is 23.8. The van der Waals surface area contributed by atoms with Crippen molar-refractivity contribution < 1.29 is 22.4 Å². The summed E-state index contributed by atoms with van der Waals surface area (Å²) in [7, 11) is 3.58. The van der Waals surface area contributed by atoms with Gasteiger partial charge >= 0.3 is 6.18 Å². The van der Waals surface area contributed by atoms with Gasteiger partial charge in [-0.1, -0.05) is 18.2 Å². The molecule has 0 bridgehead atoms. The summed E-state index contributed by atoms with van der Waals surface area (Å²) in [6.45, 7) is 0. The summed E-state index contributed by atoms with van der Waals surface area (Å²) in [5, 5.41) is 6.77. The minimum Gasteiger partial charge on any atom is -0.382 e. The van der Waals surface area contributed by atoms with Crippen LogP contribution in [0.25, 0.3) is 10.9 Å². The first-order valence-electron chi connectivity index (χ1n) is 11.1. The van der Waals surface area contributed by atoms with Crippen LogP contribution >= 0.6 is 0 Å². The molecule has 1 amide bonds. The third kappa shape index (κ3) is 5.24. The molecule has 3 aromatic rings. The number of hydrogen-bond donors (Lipinski definition) is 2. The van der Waals surface area contributed by atoms with E-state index in [0.29, 0.717) is 42.4 Å². The lowest BCUT2D eigenvalue weighted by atomic mass is 9.90. The van der Waals surface area contributed by atoms with Crippen molar-refractivity contribution in [1.29, 1.82) is 0 Å². The quantitative estimate of drug-likeness (QED) is 0.472. The number of halogens is 4. The van der Waals surface area contributed by atoms with Gasteiger partial charge in [-0.15, -0.1) is 0 Å². The van der Waals surface area contributed by atoms with Gasteiger partial charge in [-0.3, -0.25) is 4.79 Å². The number of pyridine rings is 1. The molecule has 0 radical (unpaired) electrons. The molecule has 1 heterocycles. The average Bonchev–Trinajstić information content (AvgIpc) is 2.79. The van der Waals surface area contributed by atoms with Crippen molar-refractivity contribution in [1.82, 2.24) is 10.3 Å². The molecule has 9 heteroatoms. The lowest BCUT2D eigenvalue weighted by molar-refractivity contribution is -0.140. The van der Waals surface area contributed by atoms with Crippen LogP contribution in [0.2, 0.25) is 0 Å². The lowest BCUT2D eigenvalue weighted by Crippen LogP contribution is -2.40. The summed E-state index contributed by atoms with van der Waals surface area (Å²) < 4.78 is 54.3. The molecule has 5 nitrogen and oxygen atoms in total. The molecule has 0 spiro atoms. The van der Waals surface area contributed by atoms with Crippen LogP contribution < -0.4 is 15.5 Å². The van der Waals surface area contributed by atoms with Crippen LogP contribution in [0.1, 0.15) is 41.7 Å². The van der Waals surface area contributed by atoms with Gasteiger partial charge in [0.1, 0.15) is 11.5 Å². The van der Waals surface area contributed by atoms with Crippen LogP contribution in [0, 0.1) is 5.82 Å². The minimum atomic E-state index is -4.54. The Balaban J connectivity index is 1.40. The number of hydrogen-bond acceptors (Lipinski definition) is 4. The second-order valence-corrected chi connectivity index (χ2v) is 8.79. The van der Waals surface area contributed by atoms with Crippen molar-refractivity contribution in [2.45, 2.75) is 43.9 Å². The third-order valence-corrected chi connectivity index (χ3v) is 6.14. The highest BCUT2D eigenvalue weighted by Gasteiger charge is 2.34. The van der Waals surface area contributed by atoms with Crippen LogP contribution in [-0.4, -0.2) is 37.1 Å². The van der Waals surface area contributed by atoms with E-state index in [-0.39, 0.29) is 23.2 Å². The summed E-state index contributed by atoms with van der Waals surface area (Å²) in [5.74, 6) is -1.04. The molecule has 0 unspecified atom stereocenters. The fourth-order valence-corrected chi connectivity index (χ4v) is 4.27. The van der Waals surface area contributed by atoms with E-state index in [4.69, 9.17) is 0 Å². The van der Waals surface area contributed by atoms with Gasteiger partial charge in [-0.25, -0.2) is 9.37 Å². The Morgan fingerprint density at radius 3 is 2.32 bits per heavy atom. The number of rotatable bonds is 5. The highest BCUT2D eigenvalue weighted by molar-refractivity contribution is 5.95. The van der Waals surface area contributed by atoms with Crippen molar-refractivity contribution in [3.8, 4) is 0 Å². The van der Waals surface area contributed by atoms with E-state index in [1.807, 2.05) is 0 Å². The fourth-order valence-electron chi connectivity index (χ4n) is 4.27. The maximum absolute atomic E-state index is 14.4. The topological polar surface area (TPSA) is 57.3 Å². The Bertz CT molecular complexity index is 1190. The van der Waals surface area contributed by atoms with Gasteiger partial charge < -0.3 is 15.5 Å². The zero-order valence-electron chi connectivity index (χ0n) is 18.9. The molecule has 2 aromatic carbocycles. The maximum Gasteiger partial charge on any atom is 0.433 e. The fraction of sp³-hybridized carbons (Fsp3) is 0.360. The SMILES string of the molecule is CN(C)c1ccc(C(=O)N[C@H]2CC[C@@H](Nc3cc(C(F)(F)F)nc4ccccc34)CC2)c(F)c1. The second kappa shape index (κ2) is 9.48. The monoisotopic (exact) mass is 474 g/mol. The molecule has 0 aliphatic heterocycles. The highest BCUT2D eigenvalue weighted by atomic mass is 19.4. The average molecular weight is 475 g/mol. The van der Waals surface area contributed by atoms with Gasteiger partial charge in [0, 0.05) is 42.9 Å². The van der Waals surface area contributed by atoms with E-state index < -0.39 is 23.6 Å². The van der Waals surface area contributed by atoms with Gasteiger partial charge in [0.15, 0.2) is 0 Å². The maximum atomic E-state index is 14.4. The molecule has 34 heavy (non-hydrogen) atoms. The Morgan fingerprint density at radius 2 is 1.68 bits per heavy atom. The number of fused-ring (bicyclic) bond motifs is 1. The number of para-hydroxylation sites is 1. The van der Waals surface area contributed by atoms with Crippen LogP contribution in [0.15, 0.2) is 48.5 Å². The third-order valence-electron chi connectivity index (χ3n) is 6.14. The molecule has 1 fully saturated rings. The molecule has 1 aromatic heterocycles. The Kier molecular flexibility index (Phi) is 6.63. The molecular formula is C25H26F4N4O. The van der Waals surface area contributed by atoms with Crippen molar-refractivity contribution in [3.63, 3.8) is 0 Å². The molecule has 1 aliphatic rings. The van der Waals surface area contributed by atoms with Crippen molar-refractivity contribution in [2.24, 2.45) is 0 Å². The predicted molar refractivity (Wildman–Crippen MR) is 125 cm³/mol. The van der Waals surface area contributed by atoms with E-state index >= 15 is 0 Å². The van der Waals surface area contributed by atoms with Crippen LogP contribution in [0.3, 0.4) is 0 Å². The van der Waals surface area contributed by atoms with Gasteiger partial charge in [-0.05, 0) is 56.0 Å². The van der Waals surface area contributed by atoms with Gasteiger partial charge in [0.2, 0.25) is 0 Å². The van der Waals surface area contributed by atoms with Gasteiger partial charge in [0.25, 0.3) is 5.91 Å². The van der Waals surface area contributed by atoms with Crippen LogP contribution in [-0.2, 0) is 6.18 Å². The summed E-state index contributed by atoms with van der Waals surface area (Å²) in [4.78, 5) is 18.1.